The molecule has 0 radical (unpaired) electrons. The van der Waals surface area contributed by atoms with Gasteiger partial charge >= 0.3 is 5.97 Å². The number of aliphatic carboxylic acids is 1. The molecule has 0 aromatic rings. The van der Waals surface area contributed by atoms with E-state index in [0.29, 0.717) is 25.2 Å². The molecule has 2 rings (SSSR count). The summed E-state index contributed by atoms with van der Waals surface area (Å²) in [6, 6.07) is 0. The lowest BCUT2D eigenvalue weighted by Crippen LogP contribution is -2.59. The average molecular weight is 197 g/mol. The van der Waals surface area contributed by atoms with E-state index in [4.69, 9.17) is 5.11 Å². The number of carbonyl (C=O) groups is 2. The summed E-state index contributed by atoms with van der Waals surface area (Å²) in [6.45, 7) is 0. The molecular weight excluding hydrogens is 182 g/mol. The van der Waals surface area contributed by atoms with Crippen LogP contribution in [0.25, 0.3) is 0 Å². The van der Waals surface area contributed by atoms with Crippen molar-refractivity contribution in [3.63, 3.8) is 0 Å². The van der Waals surface area contributed by atoms with Gasteiger partial charge in [-0.3, -0.25) is 4.79 Å². The number of nitrogens with one attached hydrogen (secondary N) is 1. The Labute approximate surface area is 82.7 Å². The third-order valence-corrected chi connectivity index (χ3v) is 3.17. The minimum atomic E-state index is -0.925. The second-order valence-corrected chi connectivity index (χ2v) is 4.44. The first kappa shape index (κ1) is 9.49. The monoisotopic (exact) mass is 197 g/mol. The molecular formula is C10H15NO3. The summed E-state index contributed by atoms with van der Waals surface area (Å²) >= 11 is 0. The van der Waals surface area contributed by atoms with Gasteiger partial charge in [0.1, 0.15) is 5.54 Å². The quantitative estimate of drug-likeness (QED) is 0.704. The maximum atomic E-state index is 11.4. The number of hydrogen-bond acceptors (Lipinski definition) is 2. The molecule has 0 aromatic carbocycles. The summed E-state index contributed by atoms with van der Waals surface area (Å²) in [5, 5.41) is 11.6. The fourth-order valence-electron chi connectivity index (χ4n) is 1.82. The van der Waals surface area contributed by atoms with E-state index in [1.807, 2.05) is 0 Å². The largest absolute Gasteiger partial charge is 0.480 e. The Morgan fingerprint density at radius 2 is 2.00 bits per heavy atom. The van der Waals surface area contributed by atoms with Crippen LogP contribution in [0.1, 0.15) is 38.5 Å². The van der Waals surface area contributed by atoms with Crippen molar-refractivity contribution in [1.29, 1.82) is 0 Å². The van der Waals surface area contributed by atoms with E-state index < -0.39 is 11.5 Å². The SMILES string of the molecule is O=C(CC1CC1)NC1(C(=O)O)CCC1. The van der Waals surface area contributed by atoms with E-state index in [1.54, 1.807) is 0 Å². The number of carboxylic acids is 1. The zero-order valence-electron chi connectivity index (χ0n) is 8.08. The van der Waals surface area contributed by atoms with Crippen LogP contribution in [0.4, 0.5) is 0 Å². The van der Waals surface area contributed by atoms with Gasteiger partial charge < -0.3 is 10.4 Å². The fourth-order valence-corrected chi connectivity index (χ4v) is 1.82. The van der Waals surface area contributed by atoms with E-state index in [2.05, 4.69) is 5.32 Å². The highest BCUT2D eigenvalue weighted by atomic mass is 16.4. The average Bonchev–Trinajstić information content (AvgIpc) is 2.79. The van der Waals surface area contributed by atoms with Crippen LogP contribution >= 0.6 is 0 Å². The molecule has 2 N–H and O–H groups in total. The molecule has 0 spiro atoms. The molecule has 4 heteroatoms. The van der Waals surface area contributed by atoms with Crippen LogP contribution in [-0.2, 0) is 9.59 Å². The van der Waals surface area contributed by atoms with Gasteiger partial charge in [-0.05, 0) is 38.0 Å². The standard InChI is InChI=1S/C10H15NO3/c12-8(6-7-2-3-7)11-10(9(13)14)4-1-5-10/h7H,1-6H2,(H,11,12)(H,13,14). The Balaban J connectivity index is 1.87. The predicted octanol–water partition coefficient (Wildman–Crippen LogP) is 0.910. The highest BCUT2D eigenvalue weighted by Crippen LogP contribution is 2.35. The van der Waals surface area contributed by atoms with Crippen LogP contribution in [0.3, 0.4) is 0 Å². The minimum absolute atomic E-state index is 0.0883. The molecule has 0 heterocycles. The van der Waals surface area contributed by atoms with Gasteiger partial charge in [0.15, 0.2) is 0 Å². The Bertz CT molecular complexity index is 267. The van der Waals surface area contributed by atoms with Crippen molar-refractivity contribution >= 4 is 11.9 Å². The molecule has 0 bridgehead atoms. The first-order valence-corrected chi connectivity index (χ1v) is 5.17. The zero-order valence-corrected chi connectivity index (χ0v) is 8.08. The van der Waals surface area contributed by atoms with Gasteiger partial charge in [0.05, 0.1) is 0 Å². The molecule has 78 valence electrons. The van der Waals surface area contributed by atoms with Gasteiger partial charge in [0.2, 0.25) is 5.91 Å². The van der Waals surface area contributed by atoms with Crippen LogP contribution in [0.15, 0.2) is 0 Å². The minimum Gasteiger partial charge on any atom is -0.480 e. The third-order valence-electron chi connectivity index (χ3n) is 3.17. The van der Waals surface area contributed by atoms with Crippen molar-refractivity contribution in [1.82, 2.24) is 5.32 Å². The number of carboxylic acid groups (broad SMARTS) is 1. The van der Waals surface area contributed by atoms with E-state index in [1.165, 1.54) is 0 Å². The summed E-state index contributed by atoms with van der Waals surface area (Å²) in [5.74, 6) is -0.455. The molecule has 0 atom stereocenters. The van der Waals surface area contributed by atoms with Gasteiger partial charge in [-0.1, -0.05) is 0 Å². The van der Waals surface area contributed by atoms with Crippen molar-refractivity contribution in [3.05, 3.63) is 0 Å². The molecule has 2 aliphatic rings. The summed E-state index contributed by atoms with van der Waals surface area (Å²) in [7, 11) is 0. The van der Waals surface area contributed by atoms with Crippen LogP contribution < -0.4 is 5.32 Å². The highest BCUT2D eigenvalue weighted by molar-refractivity contribution is 5.88. The van der Waals surface area contributed by atoms with Gasteiger partial charge in [0.25, 0.3) is 0 Å². The smallest absolute Gasteiger partial charge is 0.329 e. The van der Waals surface area contributed by atoms with E-state index in [9.17, 15) is 9.59 Å². The van der Waals surface area contributed by atoms with Gasteiger partial charge in [-0.2, -0.15) is 0 Å². The van der Waals surface area contributed by atoms with Crippen molar-refractivity contribution in [2.75, 3.05) is 0 Å². The summed E-state index contributed by atoms with van der Waals surface area (Å²) < 4.78 is 0. The molecule has 0 aliphatic heterocycles. The lowest BCUT2D eigenvalue weighted by atomic mass is 9.76. The Morgan fingerprint density at radius 3 is 2.36 bits per heavy atom. The van der Waals surface area contributed by atoms with Crippen LogP contribution in [0, 0.1) is 5.92 Å². The van der Waals surface area contributed by atoms with E-state index in [0.717, 1.165) is 19.3 Å². The maximum absolute atomic E-state index is 11.4. The van der Waals surface area contributed by atoms with Crippen molar-refractivity contribution in [2.24, 2.45) is 5.92 Å². The van der Waals surface area contributed by atoms with E-state index in [-0.39, 0.29) is 5.91 Å². The second kappa shape index (κ2) is 3.26. The molecule has 2 saturated carbocycles. The molecule has 0 unspecified atom stereocenters. The Morgan fingerprint density at radius 1 is 1.36 bits per heavy atom. The summed E-state index contributed by atoms with van der Waals surface area (Å²) in [5.41, 5.74) is -0.925. The van der Waals surface area contributed by atoms with Crippen molar-refractivity contribution < 1.29 is 14.7 Å². The Hall–Kier alpha value is -1.06. The molecule has 2 aliphatic carbocycles. The summed E-state index contributed by atoms with van der Waals surface area (Å²) in [4.78, 5) is 22.4. The third kappa shape index (κ3) is 1.74. The van der Waals surface area contributed by atoms with Crippen LogP contribution in [-0.4, -0.2) is 22.5 Å². The number of amides is 1. The zero-order chi connectivity index (χ0) is 10.2. The molecule has 0 aromatic heterocycles. The van der Waals surface area contributed by atoms with Crippen LogP contribution in [0.5, 0.6) is 0 Å². The first-order chi connectivity index (χ1) is 6.62. The topological polar surface area (TPSA) is 66.4 Å². The lowest BCUT2D eigenvalue weighted by molar-refractivity contribution is -0.151. The van der Waals surface area contributed by atoms with Gasteiger partial charge in [-0.15, -0.1) is 0 Å². The highest BCUT2D eigenvalue weighted by Gasteiger charge is 2.45. The van der Waals surface area contributed by atoms with Crippen LogP contribution in [0.2, 0.25) is 0 Å². The molecule has 14 heavy (non-hydrogen) atoms. The number of carbonyl (C=O) groups excluding carboxylic acids is 1. The molecule has 4 nitrogen and oxygen atoms in total. The summed E-state index contributed by atoms with van der Waals surface area (Å²) in [6.07, 6.45) is 4.81. The van der Waals surface area contributed by atoms with Gasteiger partial charge in [0, 0.05) is 6.42 Å². The second-order valence-electron chi connectivity index (χ2n) is 4.44. The predicted molar refractivity (Wildman–Crippen MR) is 49.7 cm³/mol. The normalized spacial score (nSPS) is 23.7. The van der Waals surface area contributed by atoms with Crippen molar-refractivity contribution in [3.8, 4) is 0 Å². The molecule has 0 saturated heterocycles. The first-order valence-electron chi connectivity index (χ1n) is 5.17. The fraction of sp³-hybridized carbons (Fsp3) is 0.800. The van der Waals surface area contributed by atoms with Crippen molar-refractivity contribution in [2.45, 2.75) is 44.1 Å². The van der Waals surface area contributed by atoms with E-state index >= 15 is 0 Å². The molecule has 1 amide bonds. The number of rotatable bonds is 4. The number of hydrogen-bond donors (Lipinski definition) is 2. The van der Waals surface area contributed by atoms with Gasteiger partial charge in [-0.25, -0.2) is 4.79 Å². The Kier molecular flexibility index (Phi) is 2.21. The molecule has 2 fully saturated rings. The lowest BCUT2D eigenvalue weighted by Gasteiger charge is -2.38. The maximum Gasteiger partial charge on any atom is 0.329 e.